The Kier molecular flexibility index (Phi) is 8.38. The summed E-state index contributed by atoms with van der Waals surface area (Å²) in [6, 6.07) is 6.06. The van der Waals surface area contributed by atoms with E-state index in [4.69, 9.17) is 19.4 Å². The van der Waals surface area contributed by atoms with Crippen molar-refractivity contribution < 1.29 is 27.4 Å². The Hall–Kier alpha value is -4.43. The number of nitrogens with one attached hydrogen (secondary N) is 1. The molecular formula is C40H47F3N8O3. The average molecular weight is 745 g/mol. The third-order valence-electron chi connectivity index (χ3n) is 12.8. The van der Waals surface area contributed by atoms with Crippen molar-refractivity contribution >= 4 is 39.5 Å². The Morgan fingerprint density at radius 2 is 1.83 bits per heavy atom. The van der Waals surface area contributed by atoms with E-state index in [-0.39, 0.29) is 34.6 Å². The molecule has 1 N–H and O–H groups in total. The number of aromatic amines is 1. The van der Waals surface area contributed by atoms with Gasteiger partial charge in [-0.2, -0.15) is 23.3 Å². The number of piperidine rings is 1. The number of amides is 1. The number of fused-ring (bicyclic) bond motifs is 2. The highest BCUT2D eigenvalue weighted by Gasteiger charge is 2.54. The van der Waals surface area contributed by atoms with E-state index in [0.717, 1.165) is 78.6 Å². The van der Waals surface area contributed by atoms with Crippen LogP contribution in [0.2, 0.25) is 0 Å². The molecule has 14 heteroatoms. The van der Waals surface area contributed by atoms with Gasteiger partial charge >= 0.3 is 6.18 Å². The smallest absolute Gasteiger partial charge is 0.422 e. The molecule has 5 fully saturated rings. The zero-order chi connectivity index (χ0) is 37.6. The van der Waals surface area contributed by atoms with Crippen molar-refractivity contribution in [3.63, 3.8) is 0 Å². The van der Waals surface area contributed by atoms with Gasteiger partial charge in [-0.05, 0) is 86.4 Å². The molecule has 1 saturated carbocycles. The van der Waals surface area contributed by atoms with Crippen LogP contribution in [0.25, 0.3) is 32.9 Å². The highest BCUT2D eigenvalue weighted by molar-refractivity contribution is 6.06. The highest BCUT2D eigenvalue weighted by atomic mass is 19.4. The maximum atomic E-state index is 14.1. The van der Waals surface area contributed by atoms with Gasteiger partial charge in [0.2, 0.25) is 11.9 Å². The Morgan fingerprint density at radius 3 is 2.50 bits per heavy atom. The van der Waals surface area contributed by atoms with Crippen LogP contribution in [0, 0.1) is 12.3 Å². The van der Waals surface area contributed by atoms with E-state index >= 15 is 0 Å². The number of halogens is 3. The molecule has 4 aliphatic heterocycles. The van der Waals surface area contributed by atoms with Gasteiger partial charge in [0.25, 0.3) is 0 Å². The lowest BCUT2D eigenvalue weighted by Crippen LogP contribution is -2.68. The Balaban J connectivity index is 1.20. The molecule has 1 amide bonds. The molecule has 4 aromatic rings. The number of nitrogens with zero attached hydrogens (tertiary/aromatic N) is 7. The summed E-state index contributed by atoms with van der Waals surface area (Å²) in [4.78, 5) is 31.5. The van der Waals surface area contributed by atoms with E-state index in [1.54, 1.807) is 13.3 Å². The van der Waals surface area contributed by atoms with Crippen LogP contribution in [0.15, 0.2) is 37.1 Å². The lowest BCUT2D eigenvalue weighted by atomic mass is 9.72. The number of benzene rings is 2. The van der Waals surface area contributed by atoms with Gasteiger partial charge < -0.3 is 24.2 Å². The summed E-state index contributed by atoms with van der Waals surface area (Å²) in [7, 11) is 1.76. The monoisotopic (exact) mass is 744 g/mol. The minimum Gasteiger partial charge on any atom is -0.481 e. The molecular weight excluding hydrogens is 697 g/mol. The molecule has 5 aliphatic rings. The second-order valence-electron chi connectivity index (χ2n) is 16.2. The molecule has 1 aliphatic carbocycles. The highest BCUT2D eigenvalue weighted by Crippen LogP contribution is 2.54. The Morgan fingerprint density at radius 1 is 1.07 bits per heavy atom. The summed E-state index contributed by atoms with van der Waals surface area (Å²) in [5, 5.41) is 8.88. The van der Waals surface area contributed by atoms with Gasteiger partial charge in [-0.3, -0.25) is 14.8 Å². The Bertz CT molecular complexity index is 2130. The molecule has 6 heterocycles. The van der Waals surface area contributed by atoms with Gasteiger partial charge in [0.1, 0.15) is 11.3 Å². The maximum absolute atomic E-state index is 14.1. The first-order valence-electron chi connectivity index (χ1n) is 19.1. The third-order valence-corrected chi connectivity index (χ3v) is 12.8. The first kappa shape index (κ1) is 35.3. The third kappa shape index (κ3) is 5.87. The predicted molar refractivity (Wildman–Crippen MR) is 201 cm³/mol. The van der Waals surface area contributed by atoms with Crippen LogP contribution in [0.4, 0.5) is 24.9 Å². The Labute approximate surface area is 312 Å². The molecule has 2 aromatic carbocycles. The second-order valence-corrected chi connectivity index (χ2v) is 16.2. The van der Waals surface area contributed by atoms with Gasteiger partial charge in [0.15, 0.2) is 12.4 Å². The minimum absolute atomic E-state index is 0.0429. The second kappa shape index (κ2) is 12.8. The van der Waals surface area contributed by atoms with Crippen molar-refractivity contribution in [2.75, 3.05) is 75.9 Å². The van der Waals surface area contributed by atoms with Crippen LogP contribution >= 0.6 is 0 Å². The number of hydrogen-bond acceptors (Lipinski definition) is 9. The molecule has 286 valence electrons. The predicted octanol–water partition coefficient (Wildman–Crippen LogP) is 6.21. The molecule has 1 unspecified atom stereocenters. The number of likely N-dealkylation sites (tertiary alicyclic amines) is 2. The normalized spacial score (nSPS) is 22.3. The number of anilines is 2. The average Bonchev–Trinajstić information content (AvgIpc) is 3.74. The topological polar surface area (TPSA) is 103 Å². The minimum atomic E-state index is -4.56. The van der Waals surface area contributed by atoms with E-state index in [0.29, 0.717) is 61.7 Å². The van der Waals surface area contributed by atoms with Gasteiger partial charge in [0.05, 0.1) is 23.4 Å². The summed E-state index contributed by atoms with van der Waals surface area (Å²) in [5.74, 6) is 1.49. The molecule has 0 bridgehead atoms. The van der Waals surface area contributed by atoms with E-state index in [1.807, 2.05) is 24.0 Å². The number of carbonyl (C=O) groups is 1. The van der Waals surface area contributed by atoms with Crippen LogP contribution in [-0.2, 0) is 9.53 Å². The van der Waals surface area contributed by atoms with Gasteiger partial charge in [0, 0.05) is 74.7 Å². The number of carbonyl (C=O) groups excluding carboxylic acids is 1. The zero-order valence-corrected chi connectivity index (χ0v) is 31.1. The molecule has 4 saturated heterocycles. The molecule has 2 spiro atoms. The fourth-order valence-corrected chi connectivity index (χ4v) is 9.71. The van der Waals surface area contributed by atoms with E-state index in [2.05, 4.69) is 44.5 Å². The van der Waals surface area contributed by atoms with Crippen LogP contribution in [0.5, 0.6) is 5.75 Å². The summed E-state index contributed by atoms with van der Waals surface area (Å²) in [6.07, 6.45) is 3.21. The van der Waals surface area contributed by atoms with Gasteiger partial charge in [-0.1, -0.05) is 19.6 Å². The molecule has 54 heavy (non-hydrogen) atoms. The van der Waals surface area contributed by atoms with Crippen LogP contribution in [0.1, 0.15) is 56.1 Å². The number of H-pyrrole nitrogens is 1. The maximum Gasteiger partial charge on any atom is 0.422 e. The molecule has 11 nitrogen and oxygen atoms in total. The van der Waals surface area contributed by atoms with Crippen molar-refractivity contribution in [2.45, 2.75) is 69.7 Å². The van der Waals surface area contributed by atoms with Crippen molar-refractivity contribution in [1.29, 1.82) is 0 Å². The van der Waals surface area contributed by atoms with Crippen LogP contribution in [-0.4, -0.2) is 120 Å². The first-order valence-corrected chi connectivity index (χ1v) is 19.1. The standard InChI is InChI=1S/C40H47F3N8O3/c1-5-31(52)49-19-38(20-49)11-13-48(14-12-38)36-28-15-27(25-8-9-25)33(32-24(3)7-10-30-29(32)17-44-47-30)35(54-23-40(41,42)43)34(28)45-37(46-36)50-21-39(22-50)16-26(53-4)18-51(39)6-2/h5,7,10,15,17,25-26H,1,6,8-9,11-14,16,18-23H2,2-4H3,(H,44,47). The van der Waals surface area contributed by atoms with E-state index in [9.17, 15) is 18.0 Å². The number of hydrogen-bond donors (Lipinski definition) is 1. The fraction of sp³-hybridized carbons (Fsp3) is 0.550. The first-order chi connectivity index (χ1) is 25.9. The summed E-state index contributed by atoms with van der Waals surface area (Å²) in [5.41, 5.74) is 4.50. The molecule has 2 aromatic heterocycles. The van der Waals surface area contributed by atoms with E-state index < -0.39 is 12.8 Å². The van der Waals surface area contributed by atoms with Crippen molar-refractivity contribution in [2.24, 2.45) is 5.41 Å². The number of ether oxygens (including phenoxy) is 2. The number of likely N-dealkylation sites (N-methyl/N-ethyl adjacent to an activating group) is 1. The van der Waals surface area contributed by atoms with Crippen LogP contribution < -0.4 is 14.5 Å². The number of methoxy groups -OCH3 is 1. The SMILES string of the molecule is C=CC(=O)N1CC2(CCN(c3nc(N4CC5(CC(OC)CN5CC)C4)nc4c(OCC(F)(F)F)c(-c5c(C)ccc6[nH]ncc56)c(C5CC5)cc34)CC2)C1. The number of rotatable bonds is 9. The number of alkyl halides is 3. The largest absolute Gasteiger partial charge is 0.481 e. The summed E-state index contributed by atoms with van der Waals surface area (Å²) >= 11 is 0. The van der Waals surface area contributed by atoms with E-state index in [1.165, 1.54) is 6.08 Å². The molecule has 1 atom stereocenters. The lowest BCUT2D eigenvalue weighted by Gasteiger charge is -2.54. The van der Waals surface area contributed by atoms with Gasteiger partial charge in [-0.15, -0.1) is 0 Å². The number of aromatic nitrogens is 4. The van der Waals surface area contributed by atoms with Crippen molar-refractivity contribution in [3.05, 3.63) is 48.2 Å². The fourth-order valence-electron chi connectivity index (χ4n) is 9.71. The van der Waals surface area contributed by atoms with Gasteiger partial charge in [-0.25, -0.2) is 4.98 Å². The quantitative estimate of drug-likeness (QED) is 0.201. The summed E-state index contributed by atoms with van der Waals surface area (Å²) < 4.78 is 54.2. The van der Waals surface area contributed by atoms with Crippen molar-refractivity contribution in [1.82, 2.24) is 30.0 Å². The zero-order valence-electron chi connectivity index (χ0n) is 31.1. The lowest BCUT2D eigenvalue weighted by molar-refractivity contribution is -0.153. The number of aryl methyl sites for hydroxylation is 1. The van der Waals surface area contributed by atoms with Crippen molar-refractivity contribution in [3.8, 4) is 16.9 Å². The van der Waals surface area contributed by atoms with Crippen LogP contribution in [0.3, 0.4) is 0 Å². The molecule has 0 radical (unpaired) electrons. The summed E-state index contributed by atoms with van der Waals surface area (Å²) in [6.45, 7) is 12.3. The molecule has 9 rings (SSSR count).